The summed E-state index contributed by atoms with van der Waals surface area (Å²) in [7, 11) is 2.40. The van der Waals surface area contributed by atoms with Crippen LogP contribution in [-0.4, -0.2) is 37.6 Å². The van der Waals surface area contributed by atoms with Gasteiger partial charge in [0.1, 0.15) is 0 Å². The molecule has 0 bridgehead atoms. The summed E-state index contributed by atoms with van der Waals surface area (Å²) in [5, 5.41) is 3.68. The fraction of sp³-hybridized carbons (Fsp3) is 1.00. The van der Waals surface area contributed by atoms with Gasteiger partial charge in [-0.25, -0.2) is 0 Å². The third-order valence-corrected chi connectivity index (χ3v) is 6.03. The van der Waals surface area contributed by atoms with Crippen LogP contribution in [-0.2, 0) is 0 Å². The van der Waals surface area contributed by atoms with Crippen molar-refractivity contribution >= 4 is 0 Å². The summed E-state index contributed by atoms with van der Waals surface area (Å²) >= 11 is 0. The Morgan fingerprint density at radius 3 is 2.38 bits per heavy atom. The Hall–Kier alpha value is -0.0800. The maximum Gasteiger partial charge on any atom is 0.00949 e. The fourth-order valence-electron chi connectivity index (χ4n) is 4.72. The molecule has 1 N–H and O–H groups in total. The zero-order valence-electron chi connectivity index (χ0n) is 14.8. The lowest BCUT2D eigenvalue weighted by Crippen LogP contribution is -2.47. The third-order valence-electron chi connectivity index (χ3n) is 6.03. The fourth-order valence-corrected chi connectivity index (χ4v) is 4.72. The molecule has 2 aliphatic rings. The molecule has 21 heavy (non-hydrogen) atoms. The van der Waals surface area contributed by atoms with Gasteiger partial charge in [0.15, 0.2) is 0 Å². The van der Waals surface area contributed by atoms with Crippen LogP contribution < -0.4 is 5.32 Å². The average Bonchev–Trinajstić information content (AvgIpc) is 2.71. The Labute approximate surface area is 133 Å². The molecule has 2 aliphatic carbocycles. The van der Waals surface area contributed by atoms with Gasteiger partial charge < -0.3 is 10.2 Å². The summed E-state index contributed by atoms with van der Waals surface area (Å²) in [4.78, 5) is 2.73. The van der Waals surface area contributed by atoms with Crippen LogP contribution in [0, 0.1) is 11.3 Å². The quantitative estimate of drug-likeness (QED) is 0.728. The lowest BCUT2D eigenvalue weighted by molar-refractivity contribution is 0.0875. The highest BCUT2D eigenvalue weighted by atomic mass is 15.1. The first-order chi connectivity index (χ1) is 10.2. The van der Waals surface area contributed by atoms with Gasteiger partial charge in [0.2, 0.25) is 0 Å². The van der Waals surface area contributed by atoms with Crippen LogP contribution in [0.1, 0.15) is 78.1 Å². The van der Waals surface area contributed by atoms with Crippen LogP contribution in [0.25, 0.3) is 0 Å². The van der Waals surface area contributed by atoms with E-state index in [0.29, 0.717) is 5.41 Å². The Morgan fingerprint density at radius 1 is 1.05 bits per heavy atom. The van der Waals surface area contributed by atoms with Crippen molar-refractivity contribution in [1.82, 2.24) is 10.2 Å². The molecule has 0 radical (unpaired) electrons. The molecule has 0 aromatic rings. The van der Waals surface area contributed by atoms with E-state index in [2.05, 4.69) is 31.1 Å². The van der Waals surface area contributed by atoms with Crippen LogP contribution in [0.5, 0.6) is 0 Å². The molecule has 2 nitrogen and oxygen atoms in total. The molecule has 2 unspecified atom stereocenters. The maximum atomic E-state index is 3.68. The van der Waals surface area contributed by atoms with Crippen LogP contribution in [0.2, 0.25) is 0 Å². The van der Waals surface area contributed by atoms with Gasteiger partial charge in [-0.15, -0.1) is 0 Å². The molecule has 0 amide bonds. The van der Waals surface area contributed by atoms with Gasteiger partial charge in [-0.05, 0) is 50.6 Å². The van der Waals surface area contributed by atoms with Gasteiger partial charge in [-0.1, -0.05) is 52.4 Å². The number of hydrogen-bond acceptors (Lipinski definition) is 2. The highest BCUT2D eigenvalue weighted by molar-refractivity contribution is 4.89. The highest BCUT2D eigenvalue weighted by Gasteiger charge is 2.34. The van der Waals surface area contributed by atoms with Crippen molar-refractivity contribution in [3.8, 4) is 0 Å². The lowest BCUT2D eigenvalue weighted by Gasteiger charge is -2.42. The smallest absolute Gasteiger partial charge is 0.00949 e. The van der Waals surface area contributed by atoms with Crippen molar-refractivity contribution < 1.29 is 0 Å². The molecule has 0 aromatic carbocycles. The van der Waals surface area contributed by atoms with E-state index in [0.717, 1.165) is 18.5 Å². The first-order valence-corrected chi connectivity index (χ1v) is 9.56. The van der Waals surface area contributed by atoms with Crippen LogP contribution in [0.3, 0.4) is 0 Å². The van der Waals surface area contributed by atoms with Crippen molar-refractivity contribution in [3.63, 3.8) is 0 Å². The summed E-state index contributed by atoms with van der Waals surface area (Å²) in [6.45, 7) is 8.36. The second-order valence-electron chi connectivity index (χ2n) is 8.04. The molecule has 0 saturated heterocycles. The second-order valence-corrected chi connectivity index (χ2v) is 8.04. The first kappa shape index (κ1) is 17.3. The van der Waals surface area contributed by atoms with Gasteiger partial charge in [0, 0.05) is 19.1 Å². The zero-order chi connectivity index (χ0) is 15.1. The number of nitrogens with one attached hydrogen (secondary N) is 1. The van der Waals surface area contributed by atoms with Crippen molar-refractivity contribution in [1.29, 1.82) is 0 Å². The van der Waals surface area contributed by atoms with E-state index in [-0.39, 0.29) is 0 Å². The summed E-state index contributed by atoms with van der Waals surface area (Å²) < 4.78 is 0. The molecule has 2 fully saturated rings. The summed E-state index contributed by atoms with van der Waals surface area (Å²) in [6.07, 6.45) is 14.4. The summed E-state index contributed by atoms with van der Waals surface area (Å²) in [5.74, 6) is 0.935. The van der Waals surface area contributed by atoms with Gasteiger partial charge in [0.25, 0.3) is 0 Å². The van der Waals surface area contributed by atoms with E-state index in [1.165, 1.54) is 77.3 Å². The molecule has 124 valence electrons. The van der Waals surface area contributed by atoms with E-state index in [9.17, 15) is 0 Å². The minimum absolute atomic E-state index is 0.544. The molecule has 2 atom stereocenters. The summed E-state index contributed by atoms with van der Waals surface area (Å²) in [6, 6.07) is 0.843. The van der Waals surface area contributed by atoms with E-state index in [4.69, 9.17) is 0 Å². The zero-order valence-corrected chi connectivity index (χ0v) is 14.8. The predicted octanol–water partition coefficient (Wildman–Crippen LogP) is 4.45. The van der Waals surface area contributed by atoms with Crippen molar-refractivity contribution in [2.45, 2.75) is 84.1 Å². The summed E-state index contributed by atoms with van der Waals surface area (Å²) in [5.41, 5.74) is 0.544. The van der Waals surface area contributed by atoms with Gasteiger partial charge >= 0.3 is 0 Å². The first-order valence-electron chi connectivity index (χ1n) is 9.56. The van der Waals surface area contributed by atoms with E-state index in [1.54, 1.807) is 0 Å². The van der Waals surface area contributed by atoms with Crippen molar-refractivity contribution in [2.75, 3.05) is 26.7 Å². The molecule has 2 heteroatoms. The molecular weight excluding hydrogens is 256 g/mol. The van der Waals surface area contributed by atoms with Crippen molar-refractivity contribution in [3.05, 3.63) is 0 Å². The molecule has 0 aromatic heterocycles. The predicted molar refractivity (Wildman–Crippen MR) is 92.7 cm³/mol. The number of hydrogen-bond donors (Lipinski definition) is 1. The van der Waals surface area contributed by atoms with Crippen LogP contribution >= 0.6 is 0 Å². The number of nitrogens with zero attached hydrogens (tertiary/aromatic N) is 1. The standard InChI is InChI=1S/C19H38N2/c1-4-20-15-19(12-7-5-6-8-13-19)16-21(3)18-11-9-10-17(2)14-18/h17-18,20H,4-16H2,1-3H3. The van der Waals surface area contributed by atoms with Gasteiger partial charge in [-0.2, -0.15) is 0 Å². The van der Waals surface area contributed by atoms with E-state index in [1.807, 2.05) is 0 Å². The van der Waals surface area contributed by atoms with Gasteiger partial charge in [0.05, 0.1) is 0 Å². The second kappa shape index (κ2) is 8.53. The third kappa shape index (κ3) is 5.25. The average molecular weight is 295 g/mol. The number of rotatable bonds is 6. The molecule has 0 aliphatic heterocycles. The topological polar surface area (TPSA) is 15.3 Å². The van der Waals surface area contributed by atoms with E-state index < -0.39 is 0 Å². The minimum atomic E-state index is 0.544. The normalized spacial score (nSPS) is 30.3. The van der Waals surface area contributed by atoms with Gasteiger partial charge in [-0.3, -0.25) is 0 Å². The largest absolute Gasteiger partial charge is 0.316 e. The van der Waals surface area contributed by atoms with Crippen molar-refractivity contribution in [2.24, 2.45) is 11.3 Å². The monoisotopic (exact) mass is 294 g/mol. The molecule has 2 rings (SSSR count). The molecular formula is C19H38N2. The highest BCUT2D eigenvalue weighted by Crippen LogP contribution is 2.37. The molecule has 0 heterocycles. The maximum absolute atomic E-state index is 3.68. The van der Waals surface area contributed by atoms with Crippen LogP contribution in [0.15, 0.2) is 0 Å². The Morgan fingerprint density at radius 2 is 1.76 bits per heavy atom. The minimum Gasteiger partial charge on any atom is -0.316 e. The molecule has 0 spiro atoms. The lowest BCUT2D eigenvalue weighted by atomic mass is 9.78. The molecule has 2 saturated carbocycles. The Kier molecular flexibility index (Phi) is 7.01. The SMILES string of the molecule is CCNCC1(CN(C)C2CCCC(C)C2)CCCCCC1. The Balaban J connectivity index is 1.95. The Bertz CT molecular complexity index is 281. The van der Waals surface area contributed by atoms with E-state index >= 15 is 0 Å². The van der Waals surface area contributed by atoms with Crippen LogP contribution in [0.4, 0.5) is 0 Å².